The minimum Gasteiger partial charge on any atom is -0.494 e. The highest BCUT2D eigenvalue weighted by Crippen LogP contribution is 2.53. The molecule has 3 atom stereocenters. The average molecular weight is 401 g/mol. The molecule has 1 aliphatic heterocycles. The van der Waals surface area contributed by atoms with Gasteiger partial charge in [0.1, 0.15) is 5.75 Å². The molecule has 4 rings (SSSR count). The number of anilines is 1. The lowest BCUT2D eigenvalue weighted by Gasteiger charge is -2.38. The number of benzene rings is 2. The maximum Gasteiger partial charge on any atom is 0.273 e. The van der Waals surface area contributed by atoms with Crippen LogP contribution in [0.2, 0.25) is 0 Å². The molecule has 2 aromatic rings. The van der Waals surface area contributed by atoms with Crippen molar-refractivity contribution in [3.8, 4) is 5.75 Å². The number of halogens is 1. The number of non-ortho nitro benzene ring substituents is 1. The maximum absolute atomic E-state index is 11.3. The minimum absolute atomic E-state index is 0.0681. The lowest BCUT2D eigenvalue weighted by atomic mass is 9.76. The quantitative estimate of drug-likeness (QED) is 0.437. The van der Waals surface area contributed by atoms with E-state index in [4.69, 9.17) is 4.74 Å². The Kier molecular flexibility index (Phi) is 4.00. The van der Waals surface area contributed by atoms with Crippen molar-refractivity contribution in [1.82, 2.24) is 0 Å². The smallest absolute Gasteiger partial charge is 0.273 e. The number of nitro groups is 1. The van der Waals surface area contributed by atoms with E-state index in [2.05, 4.69) is 45.5 Å². The van der Waals surface area contributed by atoms with Crippen LogP contribution >= 0.6 is 15.9 Å². The van der Waals surface area contributed by atoms with Crippen LogP contribution in [0.25, 0.3) is 0 Å². The Morgan fingerprint density at radius 3 is 2.72 bits per heavy atom. The summed E-state index contributed by atoms with van der Waals surface area (Å²) in [6, 6.07) is 11.6. The first kappa shape index (κ1) is 16.1. The van der Waals surface area contributed by atoms with E-state index in [0.717, 1.165) is 22.1 Å². The van der Waals surface area contributed by atoms with Gasteiger partial charge in [-0.05, 0) is 35.6 Å². The summed E-state index contributed by atoms with van der Waals surface area (Å²) in [7, 11) is 1.55. The molecule has 6 heteroatoms. The SMILES string of the molecule is COc1cc([N+](=O)[O-])cc2c1NC(c1ccc(Br)cc1)C1CC=CC21. The largest absolute Gasteiger partial charge is 0.494 e. The number of fused-ring (bicyclic) bond motifs is 3. The van der Waals surface area contributed by atoms with E-state index in [0.29, 0.717) is 11.7 Å². The third-order valence-corrected chi connectivity index (χ3v) is 5.61. The topological polar surface area (TPSA) is 64.4 Å². The minimum atomic E-state index is -0.364. The lowest BCUT2D eigenvalue weighted by Crippen LogP contribution is -2.29. The van der Waals surface area contributed by atoms with Gasteiger partial charge in [-0.2, -0.15) is 0 Å². The molecule has 2 aromatic carbocycles. The van der Waals surface area contributed by atoms with Gasteiger partial charge in [0.05, 0.1) is 29.8 Å². The van der Waals surface area contributed by atoms with Gasteiger partial charge in [0.25, 0.3) is 5.69 Å². The molecule has 0 fully saturated rings. The van der Waals surface area contributed by atoms with Gasteiger partial charge in [0.2, 0.25) is 0 Å². The fraction of sp³-hybridized carbons (Fsp3) is 0.263. The number of nitro benzene ring substituents is 1. The molecule has 0 bridgehead atoms. The highest BCUT2D eigenvalue weighted by atomic mass is 79.9. The molecule has 0 radical (unpaired) electrons. The number of hydrogen-bond acceptors (Lipinski definition) is 4. The number of nitrogens with zero attached hydrogens (tertiary/aromatic N) is 1. The second kappa shape index (κ2) is 6.19. The molecule has 1 aliphatic carbocycles. The first-order valence-electron chi connectivity index (χ1n) is 8.13. The van der Waals surface area contributed by atoms with Crippen molar-refractivity contribution in [3.63, 3.8) is 0 Å². The normalized spacial score (nSPS) is 23.5. The molecule has 1 N–H and O–H groups in total. The first-order chi connectivity index (χ1) is 12.1. The summed E-state index contributed by atoms with van der Waals surface area (Å²) in [5, 5.41) is 14.9. The lowest BCUT2D eigenvalue weighted by molar-refractivity contribution is -0.385. The number of nitrogens with one attached hydrogen (secondary N) is 1. The van der Waals surface area contributed by atoms with Crippen LogP contribution in [-0.2, 0) is 0 Å². The highest BCUT2D eigenvalue weighted by molar-refractivity contribution is 9.10. The fourth-order valence-electron chi connectivity index (χ4n) is 3.92. The van der Waals surface area contributed by atoms with Gasteiger partial charge in [-0.15, -0.1) is 0 Å². The number of methoxy groups -OCH3 is 1. The molecule has 2 aliphatic rings. The summed E-state index contributed by atoms with van der Waals surface area (Å²) in [5.41, 5.74) is 3.07. The van der Waals surface area contributed by atoms with Crippen molar-refractivity contribution in [1.29, 1.82) is 0 Å². The zero-order valence-corrected chi connectivity index (χ0v) is 15.2. The monoisotopic (exact) mass is 400 g/mol. The molecule has 1 heterocycles. The molecule has 0 amide bonds. The Morgan fingerprint density at radius 1 is 1.28 bits per heavy atom. The van der Waals surface area contributed by atoms with Crippen molar-refractivity contribution in [2.45, 2.75) is 18.4 Å². The molecule has 5 nitrogen and oxygen atoms in total. The van der Waals surface area contributed by atoms with Crippen LogP contribution in [0.1, 0.15) is 29.5 Å². The summed E-state index contributed by atoms with van der Waals surface area (Å²) >= 11 is 3.48. The van der Waals surface area contributed by atoms with E-state index in [1.807, 2.05) is 12.1 Å². The molecule has 0 spiro atoms. The van der Waals surface area contributed by atoms with E-state index in [1.54, 1.807) is 13.2 Å². The summed E-state index contributed by atoms with van der Waals surface area (Å²) in [6.45, 7) is 0. The van der Waals surface area contributed by atoms with E-state index in [-0.39, 0.29) is 22.6 Å². The van der Waals surface area contributed by atoms with Crippen molar-refractivity contribution < 1.29 is 9.66 Å². The summed E-state index contributed by atoms with van der Waals surface area (Å²) in [5.74, 6) is 1.00. The van der Waals surface area contributed by atoms with E-state index in [1.165, 1.54) is 11.6 Å². The third kappa shape index (κ3) is 2.70. The Morgan fingerprint density at radius 2 is 2.04 bits per heavy atom. The fourth-order valence-corrected chi connectivity index (χ4v) is 4.18. The van der Waals surface area contributed by atoms with Crippen molar-refractivity contribution >= 4 is 27.3 Å². The Bertz CT molecular complexity index is 864. The molecule has 0 aromatic heterocycles. The molecular weight excluding hydrogens is 384 g/mol. The van der Waals surface area contributed by atoms with Crippen molar-refractivity contribution in [2.75, 3.05) is 12.4 Å². The zero-order chi connectivity index (χ0) is 17.6. The van der Waals surface area contributed by atoms with Crippen LogP contribution in [0.3, 0.4) is 0 Å². The number of rotatable bonds is 3. The summed E-state index contributed by atoms with van der Waals surface area (Å²) in [6.07, 6.45) is 5.28. The molecule has 3 unspecified atom stereocenters. The molecule has 0 saturated carbocycles. The third-order valence-electron chi connectivity index (χ3n) is 5.08. The van der Waals surface area contributed by atoms with E-state index in [9.17, 15) is 10.1 Å². The molecule has 128 valence electrons. The predicted octanol–water partition coefficient (Wildman–Crippen LogP) is 5.19. The molecule has 0 saturated heterocycles. The zero-order valence-electron chi connectivity index (χ0n) is 13.6. The average Bonchev–Trinajstić information content (AvgIpc) is 3.10. The number of allylic oxidation sites excluding steroid dienone is 2. The van der Waals surface area contributed by atoms with E-state index >= 15 is 0 Å². The van der Waals surface area contributed by atoms with Crippen LogP contribution in [0, 0.1) is 16.0 Å². The molecular formula is C19H17BrN2O3. The van der Waals surface area contributed by atoms with Gasteiger partial charge in [0.15, 0.2) is 0 Å². The molecule has 25 heavy (non-hydrogen) atoms. The highest BCUT2D eigenvalue weighted by Gasteiger charge is 2.40. The van der Waals surface area contributed by atoms with Crippen molar-refractivity contribution in [2.24, 2.45) is 5.92 Å². The van der Waals surface area contributed by atoms with Crippen LogP contribution in [0.15, 0.2) is 53.0 Å². The van der Waals surface area contributed by atoms with Gasteiger partial charge < -0.3 is 10.1 Å². The second-order valence-corrected chi connectivity index (χ2v) is 7.31. The van der Waals surface area contributed by atoms with Crippen LogP contribution in [0.5, 0.6) is 5.75 Å². The van der Waals surface area contributed by atoms with Crippen LogP contribution in [-0.4, -0.2) is 12.0 Å². The standard InChI is InChI=1S/C19H17BrN2O3/c1-25-17-10-13(22(23)24)9-16-14-3-2-4-15(14)18(21-19(16)17)11-5-7-12(20)8-6-11/h2-3,5-10,14-15,18,21H,4H2,1H3. The van der Waals surface area contributed by atoms with Gasteiger partial charge >= 0.3 is 0 Å². The number of hydrogen-bond donors (Lipinski definition) is 1. The van der Waals surface area contributed by atoms with E-state index < -0.39 is 0 Å². The van der Waals surface area contributed by atoms with Crippen LogP contribution < -0.4 is 10.1 Å². The van der Waals surface area contributed by atoms with Crippen molar-refractivity contribution in [3.05, 3.63) is 74.3 Å². The Labute approximate surface area is 154 Å². The first-order valence-corrected chi connectivity index (χ1v) is 8.93. The second-order valence-electron chi connectivity index (χ2n) is 6.40. The Balaban J connectivity index is 1.84. The van der Waals surface area contributed by atoms with Gasteiger partial charge in [0, 0.05) is 16.5 Å². The Hall–Kier alpha value is -2.34. The maximum atomic E-state index is 11.3. The number of ether oxygens (including phenoxy) is 1. The van der Waals surface area contributed by atoms with Gasteiger partial charge in [-0.3, -0.25) is 10.1 Å². The summed E-state index contributed by atoms with van der Waals surface area (Å²) < 4.78 is 6.50. The van der Waals surface area contributed by atoms with Gasteiger partial charge in [-0.1, -0.05) is 40.2 Å². The predicted molar refractivity (Wildman–Crippen MR) is 100 cm³/mol. The van der Waals surface area contributed by atoms with Crippen LogP contribution in [0.4, 0.5) is 11.4 Å². The summed E-state index contributed by atoms with van der Waals surface area (Å²) in [4.78, 5) is 10.9. The van der Waals surface area contributed by atoms with Gasteiger partial charge in [-0.25, -0.2) is 0 Å².